The molecule has 1 N–H and O–H groups in total. The van der Waals surface area contributed by atoms with E-state index in [1.807, 2.05) is 4.68 Å². The molecule has 6 heteroatoms. The molecule has 20 heavy (non-hydrogen) atoms. The molecule has 2 atom stereocenters. The molecule has 2 rings (SSSR count). The van der Waals surface area contributed by atoms with Crippen molar-refractivity contribution in [1.82, 2.24) is 20.0 Å². The predicted octanol–water partition coefficient (Wildman–Crippen LogP) is 1.93. The van der Waals surface area contributed by atoms with Crippen molar-refractivity contribution in [1.29, 1.82) is 0 Å². The van der Waals surface area contributed by atoms with Crippen LogP contribution < -0.4 is 5.32 Å². The molecule has 1 saturated heterocycles. The third kappa shape index (κ3) is 3.52. The Labute approximate surface area is 126 Å². The minimum Gasteiger partial charge on any atom is -0.374 e. The van der Waals surface area contributed by atoms with Crippen molar-refractivity contribution in [3.8, 4) is 0 Å². The zero-order valence-corrected chi connectivity index (χ0v) is 13.4. The van der Waals surface area contributed by atoms with Crippen LogP contribution in [0.15, 0.2) is 6.20 Å². The number of nitrogens with zero attached hydrogens (tertiary/aromatic N) is 3. The SMILES string of the molecule is CCCNC(c1c(Cl)cnn1CC)C1CN(C)CCO1. The second kappa shape index (κ2) is 7.41. The molecule has 0 amide bonds. The Hall–Kier alpha value is -0.620. The number of hydrogen-bond acceptors (Lipinski definition) is 4. The number of morpholine rings is 1. The Kier molecular flexibility index (Phi) is 5.84. The molecular formula is C14H25ClN4O. The lowest BCUT2D eigenvalue weighted by Crippen LogP contribution is -2.47. The van der Waals surface area contributed by atoms with Gasteiger partial charge in [0.1, 0.15) is 0 Å². The van der Waals surface area contributed by atoms with Crippen molar-refractivity contribution in [3.63, 3.8) is 0 Å². The first-order valence-electron chi connectivity index (χ1n) is 7.42. The van der Waals surface area contributed by atoms with Crippen molar-refractivity contribution in [2.45, 2.75) is 39.0 Å². The highest BCUT2D eigenvalue weighted by Crippen LogP contribution is 2.28. The fourth-order valence-corrected chi connectivity index (χ4v) is 2.91. The van der Waals surface area contributed by atoms with Crippen molar-refractivity contribution >= 4 is 11.6 Å². The number of halogens is 1. The van der Waals surface area contributed by atoms with Crippen LogP contribution in [0.3, 0.4) is 0 Å². The molecule has 0 saturated carbocycles. The van der Waals surface area contributed by atoms with E-state index in [1.165, 1.54) is 0 Å². The van der Waals surface area contributed by atoms with E-state index in [4.69, 9.17) is 16.3 Å². The van der Waals surface area contributed by atoms with E-state index < -0.39 is 0 Å². The highest BCUT2D eigenvalue weighted by Gasteiger charge is 2.31. The van der Waals surface area contributed by atoms with E-state index in [-0.39, 0.29) is 12.1 Å². The maximum Gasteiger partial charge on any atom is 0.0912 e. The first kappa shape index (κ1) is 15.8. The number of aryl methyl sites for hydroxylation is 1. The first-order chi connectivity index (χ1) is 9.67. The largest absolute Gasteiger partial charge is 0.374 e. The molecule has 0 aliphatic carbocycles. The molecule has 1 aromatic rings. The monoisotopic (exact) mass is 300 g/mol. The van der Waals surface area contributed by atoms with Gasteiger partial charge in [0, 0.05) is 19.6 Å². The van der Waals surface area contributed by atoms with Crippen LogP contribution in [0.4, 0.5) is 0 Å². The van der Waals surface area contributed by atoms with Gasteiger partial charge in [0.2, 0.25) is 0 Å². The number of nitrogens with one attached hydrogen (secondary N) is 1. The highest BCUT2D eigenvalue weighted by molar-refractivity contribution is 6.31. The first-order valence-corrected chi connectivity index (χ1v) is 7.79. The minimum absolute atomic E-state index is 0.0904. The molecular weight excluding hydrogens is 276 g/mol. The summed E-state index contributed by atoms with van der Waals surface area (Å²) in [6, 6.07) is 0.0904. The van der Waals surface area contributed by atoms with Gasteiger partial charge in [0.05, 0.1) is 35.7 Å². The highest BCUT2D eigenvalue weighted by atomic mass is 35.5. The van der Waals surface area contributed by atoms with Gasteiger partial charge in [-0.1, -0.05) is 18.5 Å². The maximum absolute atomic E-state index is 6.36. The summed E-state index contributed by atoms with van der Waals surface area (Å²) >= 11 is 6.36. The van der Waals surface area contributed by atoms with E-state index in [2.05, 4.69) is 36.2 Å². The number of rotatable bonds is 6. The molecule has 1 aliphatic heterocycles. The third-order valence-electron chi connectivity index (χ3n) is 3.71. The van der Waals surface area contributed by atoms with Crippen molar-refractivity contribution in [2.75, 3.05) is 33.3 Å². The zero-order valence-electron chi connectivity index (χ0n) is 12.6. The molecule has 2 unspecified atom stereocenters. The van der Waals surface area contributed by atoms with Gasteiger partial charge in [-0.25, -0.2) is 0 Å². The average Bonchev–Trinajstić information content (AvgIpc) is 2.81. The van der Waals surface area contributed by atoms with Gasteiger partial charge >= 0.3 is 0 Å². The van der Waals surface area contributed by atoms with Crippen LogP contribution in [0.5, 0.6) is 0 Å². The molecule has 1 fully saturated rings. The van der Waals surface area contributed by atoms with E-state index in [0.29, 0.717) is 0 Å². The fraction of sp³-hybridized carbons (Fsp3) is 0.786. The summed E-state index contributed by atoms with van der Waals surface area (Å²) in [5.74, 6) is 0. The normalized spacial score (nSPS) is 22.1. The van der Waals surface area contributed by atoms with Crippen LogP contribution in [0, 0.1) is 0 Å². The average molecular weight is 301 g/mol. The molecule has 1 aliphatic rings. The van der Waals surface area contributed by atoms with Crippen LogP contribution in [0.1, 0.15) is 32.0 Å². The molecule has 2 heterocycles. The molecule has 0 bridgehead atoms. The lowest BCUT2D eigenvalue weighted by atomic mass is 10.1. The van der Waals surface area contributed by atoms with Crippen molar-refractivity contribution < 1.29 is 4.74 Å². The lowest BCUT2D eigenvalue weighted by Gasteiger charge is -2.36. The predicted molar refractivity (Wildman–Crippen MR) is 81.2 cm³/mol. The lowest BCUT2D eigenvalue weighted by molar-refractivity contribution is -0.0406. The molecule has 5 nitrogen and oxygen atoms in total. The van der Waals surface area contributed by atoms with E-state index >= 15 is 0 Å². The van der Waals surface area contributed by atoms with Gasteiger partial charge in [0.15, 0.2) is 0 Å². The Morgan fingerprint density at radius 2 is 2.35 bits per heavy atom. The van der Waals surface area contributed by atoms with E-state index in [9.17, 15) is 0 Å². The quantitative estimate of drug-likeness (QED) is 0.872. The Bertz CT molecular complexity index is 423. The summed E-state index contributed by atoms with van der Waals surface area (Å²) in [6.07, 6.45) is 2.92. The summed E-state index contributed by atoms with van der Waals surface area (Å²) in [5.41, 5.74) is 1.04. The van der Waals surface area contributed by atoms with Crippen LogP contribution in [0.25, 0.3) is 0 Å². The summed E-state index contributed by atoms with van der Waals surface area (Å²) in [4.78, 5) is 2.30. The minimum atomic E-state index is 0.0904. The van der Waals surface area contributed by atoms with Gasteiger partial charge in [-0.05, 0) is 26.9 Å². The van der Waals surface area contributed by atoms with Crippen molar-refractivity contribution in [3.05, 3.63) is 16.9 Å². The van der Waals surface area contributed by atoms with Gasteiger partial charge < -0.3 is 15.0 Å². The zero-order chi connectivity index (χ0) is 14.5. The molecule has 1 aromatic heterocycles. The maximum atomic E-state index is 6.36. The standard InChI is InChI=1S/C14H25ClN4O/c1-4-6-16-13(12-10-18(3)7-8-20-12)14-11(15)9-17-19(14)5-2/h9,12-13,16H,4-8,10H2,1-3H3. The molecule has 0 spiro atoms. The summed E-state index contributed by atoms with van der Waals surface area (Å²) in [7, 11) is 2.13. The summed E-state index contributed by atoms with van der Waals surface area (Å²) < 4.78 is 7.95. The van der Waals surface area contributed by atoms with Gasteiger partial charge in [-0.15, -0.1) is 0 Å². The van der Waals surface area contributed by atoms with Crippen LogP contribution in [0.2, 0.25) is 5.02 Å². The van der Waals surface area contributed by atoms with E-state index in [1.54, 1.807) is 6.20 Å². The summed E-state index contributed by atoms with van der Waals surface area (Å²) in [6.45, 7) is 8.66. The number of hydrogen-bond donors (Lipinski definition) is 1. The van der Waals surface area contributed by atoms with Crippen LogP contribution >= 0.6 is 11.6 Å². The van der Waals surface area contributed by atoms with Crippen LogP contribution in [-0.4, -0.2) is 54.1 Å². The Morgan fingerprint density at radius 3 is 3.00 bits per heavy atom. The fourth-order valence-electron chi connectivity index (χ4n) is 2.65. The smallest absolute Gasteiger partial charge is 0.0912 e. The Balaban J connectivity index is 2.23. The molecule has 114 valence electrons. The van der Waals surface area contributed by atoms with Gasteiger partial charge in [0.25, 0.3) is 0 Å². The second-order valence-corrected chi connectivity index (χ2v) is 5.70. The number of ether oxygens (including phenoxy) is 1. The van der Waals surface area contributed by atoms with Crippen molar-refractivity contribution in [2.24, 2.45) is 0 Å². The molecule has 0 radical (unpaired) electrons. The van der Waals surface area contributed by atoms with Gasteiger partial charge in [-0.3, -0.25) is 4.68 Å². The number of likely N-dealkylation sites (N-methyl/N-ethyl adjacent to an activating group) is 1. The molecule has 0 aromatic carbocycles. The third-order valence-corrected chi connectivity index (χ3v) is 4.00. The Morgan fingerprint density at radius 1 is 1.55 bits per heavy atom. The van der Waals surface area contributed by atoms with Crippen LogP contribution in [-0.2, 0) is 11.3 Å². The van der Waals surface area contributed by atoms with Gasteiger partial charge in [-0.2, -0.15) is 5.10 Å². The summed E-state index contributed by atoms with van der Waals surface area (Å²) in [5, 5.41) is 8.65. The number of aromatic nitrogens is 2. The van der Waals surface area contributed by atoms with E-state index in [0.717, 1.165) is 49.9 Å². The second-order valence-electron chi connectivity index (χ2n) is 5.30. The topological polar surface area (TPSA) is 42.3 Å².